The summed E-state index contributed by atoms with van der Waals surface area (Å²) in [7, 11) is 0. The van der Waals surface area contributed by atoms with Crippen LogP contribution >= 0.6 is 0 Å². The highest BCUT2D eigenvalue weighted by Crippen LogP contribution is 2.37. The van der Waals surface area contributed by atoms with Crippen LogP contribution in [0.15, 0.2) is 48.5 Å². The summed E-state index contributed by atoms with van der Waals surface area (Å²) in [4.78, 5) is 29.3. The van der Waals surface area contributed by atoms with E-state index in [-0.39, 0.29) is 11.3 Å². The van der Waals surface area contributed by atoms with Crippen LogP contribution in [0.5, 0.6) is 5.75 Å². The van der Waals surface area contributed by atoms with E-state index in [0.29, 0.717) is 35.0 Å². The Morgan fingerprint density at radius 2 is 1.82 bits per heavy atom. The van der Waals surface area contributed by atoms with Gasteiger partial charge in [-0.1, -0.05) is 30.3 Å². The van der Waals surface area contributed by atoms with E-state index in [0.717, 1.165) is 11.1 Å². The maximum atomic E-state index is 12.9. The number of esters is 1. The highest BCUT2D eigenvalue weighted by atomic mass is 19.4. The standard InChI is InChI=1S/C24H19F3N2O4/c25-24(26,27)13-28-20(31)12-33-23(32)21-17-3-1-2-4-19(17)29-22-15(7-10-18(21)22)11-14-5-8-16(30)9-6-14/h1-6,8-9,11,30H,7,10,12-13H2,(H,28,31)/b15-11+. The Labute approximate surface area is 186 Å². The minimum Gasteiger partial charge on any atom is -0.508 e. The summed E-state index contributed by atoms with van der Waals surface area (Å²) in [5.74, 6) is -1.68. The van der Waals surface area contributed by atoms with Crippen LogP contribution in [0.3, 0.4) is 0 Å². The molecule has 1 aliphatic carbocycles. The number of nitrogens with zero attached hydrogens (tertiary/aromatic N) is 1. The van der Waals surface area contributed by atoms with Gasteiger partial charge >= 0.3 is 12.1 Å². The van der Waals surface area contributed by atoms with E-state index in [1.165, 1.54) is 0 Å². The molecule has 0 spiro atoms. The Balaban J connectivity index is 1.64. The number of nitrogens with one attached hydrogen (secondary N) is 1. The number of phenolic OH excluding ortho intramolecular Hbond substituents is 1. The Bertz CT molecular complexity index is 1250. The Hall–Kier alpha value is -3.88. The molecule has 33 heavy (non-hydrogen) atoms. The van der Waals surface area contributed by atoms with Crippen LogP contribution in [0.2, 0.25) is 0 Å². The van der Waals surface area contributed by atoms with E-state index in [2.05, 4.69) is 0 Å². The number of carbonyl (C=O) groups is 2. The first-order valence-electron chi connectivity index (χ1n) is 10.1. The van der Waals surface area contributed by atoms with Gasteiger partial charge in [-0.05, 0) is 53.8 Å². The normalized spacial score (nSPS) is 14.3. The fourth-order valence-corrected chi connectivity index (χ4v) is 3.74. The van der Waals surface area contributed by atoms with Crippen LogP contribution < -0.4 is 5.32 Å². The van der Waals surface area contributed by atoms with Gasteiger partial charge in [0.25, 0.3) is 5.91 Å². The third kappa shape index (κ3) is 5.14. The minimum absolute atomic E-state index is 0.150. The summed E-state index contributed by atoms with van der Waals surface area (Å²) in [6, 6.07) is 13.6. The molecule has 0 unspecified atom stereocenters. The number of hydrogen-bond acceptors (Lipinski definition) is 5. The summed E-state index contributed by atoms with van der Waals surface area (Å²) in [5, 5.41) is 11.7. The molecule has 3 aromatic rings. The number of aromatic nitrogens is 1. The predicted octanol–water partition coefficient (Wildman–Crippen LogP) is 4.26. The Morgan fingerprint density at radius 1 is 1.09 bits per heavy atom. The van der Waals surface area contributed by atoms with Crippen LogP contribution in [0.1, 0.15) is 33.6 Å². The van der Waals surface area contributed by atoms with Gasteiger partial charge in [-0.2, -0.15) is 13.2 Å². The molecule has 1 heterocycles. The quantitative estimate of drug-likeness (QED) is 0.560. The number of aromatic hydroxyl groups is 1. The minimum atomic E-state index is -4.55. The summed E-state index contributed by atoms with van der Waals surface area (Å²) in [6.07, 6.45) is -1.50. The van der Waals surface area contributed by atoms with Crippen molar-refractivity contribution in [2.24, 2.45) is 0 Å². The monoisotopic (exact) mass is 456 g/mol. The van der Waals surface area contributed by atoms with E-state index in [1.807, 2.05) is 6.08 Å². The van der Waals surface area contributed by atoms with Gasteiger partial charge in [0.1, 0.15) is 12.3 Å². The molecule has 0 atom stereocenters. The first-order valence-corrected chi connectivity index (χ1v) is 10.1. The Kier molecular flexibility index (Phi) is 6.04. The van der Waals surface area contributed by atoms with Crippen molar-refractivity contribution in [1.82, 2.24) is 10.3 Å². The van der Waals surface area contributed by atoms with Gasteiger partial charge in [-0.25, -0.2) is 9.78 Å². The second kappa shape index (κ2) is 8.93. The van der Waals surface area contributed by atoms with Crippen molar-refractivity contribution in [1.29, 1.82) is 0 Å². The van der Waals surface area contributed by atoms with Crippen LogP contribution in [0.4, 0.5) is 13.2 Å². The number of carbonyl (C=O) groups excluding carboxylic acids is 2. The number of halogens is 3. The molecule has 0 radical (unpaired) electrons. The highest BCUT2D eigenvalue weighted by Gasteiger charge is 2.29. The molecular formula is C24H19F3N2O4. The van der Waals surface area contributed by atoms with Crippen molar-refractivity contribution < 1.29 is 32.6 Å². The van der Waals surface area contributed by atoms with Crippen LogP contribution in [0.25, 0.3) is 22.6 Å². The number of para-hydroxylation sites is 1. The van der Waals surface area contributed by atoms with E-state index >= 15 is 0 Å². The zero-order chi connectivity index (χ0) is 23.6. The summed E-state index contributed by atoms with van der Waals surface area (Å²) in [5.41, 5.74) is 3.88. The maximum absolute atomic E-state index is 12.9. The molecule has 0 aliphatic heterocycles. The van der Waals surface area contributed by atoms with Gasteiger partial charge in [0, 0.05) is 5.39 Å². The molecule has 170 valence electrons. The third-order valence-electron chi connectivity index (χ3n) is 5.20. The number of allylic oxidation sites excluding steroid dienone is 1. The van der Waals surface area contributed by atoms with E-state index in [4.69, 9.17) is 9.72 Å². The van der Waals surface area contributed by atoms with E-state index in [1.54, 1.807) is 53.8 Å². The largest absolute Gasteiger partial charge is 0.508 e. The van der Waals surface area contributed by atoms with E-state index in [9.17, 15) is 27.9 Å². The van der Waals surface area contributed by atoms with Crippen LogP contribution in [-0.2, 0) is 16.0 Å². The summed E-state index contributed by atoms with van der Waals surface area (Å²) in [6.45, 7) is -2.32. The van der Waals surface area contributed by atoms with Gasteiger partial charge in [-0.15, -0.1) is 0 Å². The van der Waals surface area contributed by atoms with Crippen molar-refractivity contribution in [3.05, 3.63) is 70.9 Å². The Morgan fingerprint density at radius 3 is 2.55 bits per heavy atom. The number of pyridine rings is 1. The van der Waals surface area contributed by atoms with Crippen molar-refractivity contribution in [3.63, 3.8) is 0 Å². The summed E-state index contributed by atoms with van der Waals surface area (Å²) >= 11 is 0. The molecule has 6 nitrogen and oxygen atoms in total. The smallest absolute Gasteiger partial charge is 0.405 e. The lowest BCUT2D eigenvalue weighted by atomic mass is 10.0. The second-order valence-corrected chi connectivity index (χ2v) is 7.56. The molecule has 4 rings (SSSR count). The lowest BCUT2D eigenvalue weighted by Gasteiger charge is -2.13. The first-order chi connectivity index (χ1) is 15.7. The molecular weight excluding hydrogens is 437 g/mol. The topological polar surface area (TPSA) is 88.5 Å². The highest BCUT2D eigenvalue weighted by molar-refractivity contribution is 6.07. The average molecular weight is 456 g/mol. The molecule has 2 aromatic carbocycles. The number of rotatable bonds is 5. The lowest BCUT2D eigenvalue weighted by Crippen LogP contribution is -2.36. The molecule has 1 aliphatic rings. The van der Waals surface area contributed by atoms with Gasteiger partial charge in [0.2, 0.25) is 0 Å². The molecule has 1 amide bonds. The van der Waals surface area contributed by atoms with Gasteiger partial charge in [0.05, 0.1) is 16.8 Å². The maximum Gasteiger partial charge on any atom is 0.405 e. The predicted molar refractivity (Wildman–Crippen MR) is 115 cm³/mol. The number of phenols is 1. The molecule has 0 saturated carbocycles. The van der Waals surface area contributed by atoms with Gasteiger partial charge in [0.15, 0.2) is 6.61 Å². The fourth-order valence-electron chi connectivity index (χ4n) is 3.74. The number of amides is 1. The molecule has 0 bridgehead atoms. The first kappa shape index (κ1) is 22.3. The fraction of sp³-hybridized carbons (Fsp3) is 0.208. The van der Waals surface area contributed by atoms with Gasteiger partial charge < -0.3 is 15.2 Å². The van der Waals surface area contributed by atoms with Crippen LogP contribution in [0, 0.1) is 0 Å². The van der Waals surface area contributed by atoms with Crippen molar-refractivity contribution in [2.45, 2.75) is 19.0 Å². The second-order valence-electron chi connectivity index (χ2n) is 7.56. The number of hydrogen-bond donors (Lipinski definition) is 2. The number of ether oxygens (including phenoxy) is 1. The van der Waals surface area contributed by atoms with Gasteiger partial charge in [-0.3, -0.25) is 4.79 Å². The average Bonchev–Trinajstić information content (AvgIpc) is 3.17. The van der Waals surface area contributed by atoms with E-state index < -0.39 is 31.2 Å². The summed E-state index contributed by atoms with van der Waals surface area (Å²) < 4.78 is 41.9. The zero-order valence-electron chi connectivity index (χ0n) is 17.3. The SMILES string of the molecule is O=C(COC(=O)c1c2c(nc3ccccc13)/C(=C/c1ccc(O)cc1)CC2)NCC(F)(F)F. The molecule has 9 heteroatoms. The van der Waals surface area contributed by atoms with Crippen molar-refractivity contribution in [2.75, 3.05) is 13.2 Å². The number of fused-ring (bicyclic) bond motifs is 2. The number of benzene rings is 2. The molecule has 0 saturated heterocycles. The van der Waals surface area contributed by atoms with Crippen LogP contribution in [-0.4, -0.2) is 41.3 Å². The molecule has 1 aromatic heterocycles. The molecule has 2 N–H and O–H groups in total. The third-order valence-corrected chi connectivity index (χ3v) is 5.20. The van der Waals surface area contributed by atoms with Crippen molar-refractivity contribution >= 4 is 34.4 Å². The number of alkyl halides is 3. The van der Waals surface area contributed by atoms with Crippen molar-refractivity contribution in [3.8, 4) is 5.75 Å². The lowest BCUT2D eigenvalue weighted by molar-refractivity contribution is -0.140. The zero-order valence-corrected chi connectivity index (χ0v) is 17.3. The molecule has 0 fully saturated rings.